The van der Waals surface area contributed by atoms with Crippen LogP contribution in [0, 0.1) is 0 Å². The van der Waals surface area contributed by atoms with Crippen LogP contribution in [-0.4, -0.2) is 33.4 Å². The lowest BCUT2D eigenvalue weighted by molar-refractivity contribution is -0.118. The Morgan fingerprint density at radius 1 is 1.29 bits per heavy atom. The molecule has 6 nitrogen and oxygen atoms in total. The van der Waals surface area contributed by atoms with Crippen molar-refractivity contribution in [3.63, 3.8) is 0 Å². The lowest BCUT2D eigenvalue weighted by Gasteiger charge is -2.20. The van der Waals surface area contributed by atoms with Crippen LogP contribution in [0.25, 0.3) is 10.2 Å². The first-order valence-electron chi connectivity index (χ1n) is 8.59. The summed E-state index contributed by atoms with van der Waals surface area (Å²) in [7, 11) is 0. The van der Waals surface area contributed by atoms with Gasteiger partial charge in [-0.15, -0.1) is 11.3 Å². The number of rotatable bonds is 6. The van der Waals surface area contributed by atoms with Gasteiger partial charge in [0.2, 0.25) is 5.91 Å². The van der Waals surface area contributed by atoms with Gasteiger partial charge in [-0.2, -0.15) is 0 Å². The van der Waals surface area contributed by atoms with Crippen molar-refractivity contribution in [3.05, 3.63) is 26.6 Å². The number of primary amides is 1. The van der Waals surface area contributed by atoms with Crippen LogP contribution in [0.3, 0.4) is 0 Å². The molecular weight excluding hydrogens is 324 g/mol. The molecule has 0 saturated heterocycles. The van der Waals surface area contributed by atoms with E-state index in [1.54, 1.807) is 11.3 Å². The Morgan fingerprint density at radius 3 is 2.67 bits per heavy atom. The van der Waals surface area contributed by atoms with Crippen LogP contribution in [0.5, 0.6) is 0 Å². The molecule has 1 aliphatic rings. The number of carbonyl (C=O) groups is 1. The van der Waals surface area contributed by atoms with Crippen molar-refractivity contribution in [2.75, 3.05) is 13.1 Å². The van der Waals surface area contributed by atoms with Gasteiger partial charge in [-0.25, -0.2) is 4.98 Å². The number of hydrogen-bond donors (Lipinski definition) is 1. The molecule has 0 bridgehead atoms. The van der Waals surface area contributed by atoms with E-state index in [0.717, 1.165) is 42.7 Å². The largest absolute Gasteiger partial charge is 0.368 e. The van der Waals surface area contributed by atoms with Crippen molar-refractivity contribution < 1.29 is 4.79 Å². The Hall–Kier alpha value is -1.73. The summed E-state index contributed by atoms with van der Waals surface area (Å²) in [6, 6.07) is 0. The van der Waals surface area contributed by atoms with Crippen molar-refractivity contribution in [2.24, 2.45) is 5.73 Å². The van der Waals surface area contributed by atoms with E-state index in [4.69, 9.17) is 10.7 Å². The van der Waals surface area contributed by atoms with Crippen LogP contribution in [0.4, 0.5) is 0 Å². The molecule has 2 aromatic rings. The Labute approximate surface area is 145 Å². The number of fused-ring (bicyclic) bond motifs is 3. The fourth-order valence-electron chi connectivity index (χ4n) is 3.37. The number of amides is 1. The molecule has 0 fully saturated rings. The fourth-order valence-corrected chi connectivity index (χ4v) is 4.64. The van der Waals surface area contributed by atoms with Gasteiger partial charge in [0.15, 0.2) is 0 Å². The topological polar surface area (TPSA) is 81.2 Å². The Bertz CT molecular complexity index is 820. The zero-order valence-electron chi connectivity index (χ0n) is 14.3. The third-order valence-electron chi connectivity index (χ3n) is 4.73. The van der Waals surface area contributed by atoms with Crippen LogP contribution in [0.15, 0.2) is 4.79 Å². The Kier molecular flexibility index (Phi) is 5.01. The van der Waals surface area contributed by atoms with Gasteiger partial charge in [0.1, 0.15) is 17.2 Å². The number of nitrogens with zero attached hydrogens (tertiary/aromatic N) is 3. The molecule has 2 aromatic heterocycles. The van der Waals surface area contributed by atoms with E-state index in [1.807, 2.05) is 0 Å². The molecule has 2 heterocycles. The zero-order valence-corrected chi connectivity index (χ0v) is 15.1. The van der Waals surface area contributed by atoms with Gasteiger partial charge in [0.25, 0.3) is 5.56 Å². The summed E-state index contributed by atoms with van der Waals surface area (Å²) < 4.78 is 1.48. The van der Waals surface area contributed by atoms with Crippen molar-refractivity contribution in [1.29, 1.82) is 0 Å². The van der Waals surface area contributed by atoms with Crippen molar-refractivity contribution in [1.82, 2.24) is 14.5 Å². The van der Waals surface area contributed by atoms with Gasteiger partial charge in [-0.1, -0.05) is 13.8 Å². The van der Waals surface area contributed by atoms with Crippen LogP contribution >= 0.6 is 11.3 Å². The number of carbonyl (C=O) groups excluding carboxylic acids is 1. The monoisotopic (exact) mass is 348 g/mol. The van der Waals surface area contributed by atoms with Crippen molar-refractivity contribution in [2.45, 2.75) is 52.6 Å². The minimum Gasteiger partial charge on any atom is -0.368 e. The summed E-state index contributed by atoms with van der Waals surface area (Å²) in [6.07, 6.45) is 4.23. The van der Waals surface area contributed by atoms with Gasteiger partial charge in [-0.3, -0.25) is 19.1 Å². The maximum atomic E-state index is 13.1. The first-order valence-corrected chi connectivity index (χ1v) is 9.41. The molecule has 130 valence electrons. The first kappa shape index (κ1) is 17.1. The van der Waals surface area contributed by atoms with E-state index in [2.05, 4.69) is 18.7 Å². The normalized spacial score (nSPS) is 14.3. The second kappa shape index (κ2) is 7.03. The summed E-state index contributed by atoms with van der Waals surface area (Å²) in [6.45, 7) is 6.31. The molecule has 0 spiro atoms. The summed E-state index contributed by atoms with van der Waals surface area (Å²) >= 11 is 1.64. The third kappa shape index (κ3) is 3.10. The zero-order chi connectivity index (χ0) is 17.3. The molecule has 0 atom stereocenters. The molecule has 1 aliphatic carbocycles. The SMILES string of the molecule is CCN(CC)Cc1nc2sc3c(c2c(=O)n1CC(N)=O)CCCC3. The highest BCUT2D eigenvalue weighted by Crippen LogP contribution is 2.33. The molecule has 0 unspecified atom stereocenters. The third-order valence-corrected chi connectivity index (χ3v) is 5.91. The molecule has 0 aliphatic heterocycles. The summed E-state index contributed by atoms with van der Waals surface area (Å²) in [5.41, 5.74) is 6.41. The predicted octanol–water partition coefficient (Wildman–Crippen LogP) is 1.66. The van der Waals surface area contributed by atoms with Crippen LogP contribution in [-0.2, 0) is 30.7 Å². The number of aromatic nitrogens is 2. The van der Waals surface area contributed by atoms with E-state index in [1.165, 1.54) is 15.9 Å². The quantitative estimate of drug-likeness (QED) is 0.861. The number of aryl methyl sites for hydroxylation is 2. The Balaban J connectivity index is 2.18. The van der Waals surface area contributed by atoms with E-state index in [0.29, 0.717) is 17.8 Å². The van der Waals surface area contributed by atoms with Gasteiger partial charge < -0.3 is 5.73 Å². The van der Waals surface area contributed by atoms with Crippen LogP contribution in [0.2, 0.25) is 0 Å². The number of nitrogens with two attached hydrogens (primary N) is 1. The van der Waals surface area contributed by atoms with E-state index >= 15 is 0 Å². The maximum absolute atomic E-state index is 13.1. The maximum Gasteiger partial charge on any atom is 0.263 e. The van der Waals surface area contributed by atoms with Crippen molar-refractivity contribution >= 4 is 27.5 Å². The lowest BCUT2D eigenvalue weighted by Crippen LogP contribution is -2.34. The Morgan fingerprint density at radius 2 is 2.00 bits per heavy atom. The lowest BCUT2D eigenvalue weighted by atomic mass is 9.97. The van der Waals surface area contributed by atoms with Crippen LogP contribution < -0.4 is 11.3 Å². The highest BCUT2D eigenvalue weighted by atomic mass is 32.1. The summed E-state index contributed by atoms with van der Waals surface area (Å²) in [5, 5.41) is 0.708. The van der Waals surface area contributed by atoms with Crippen molar-refractivity contribution in [3.8, 4) is 0 Å². The standard InChI is InChI=1S/C17H24N4O2S/c1-3-20(4-2)10-14-19-16-15(17(23)21(14)9-13(18)22)11-7-5-6-8-12(11)24-16/h3-10H2,1-2H3,(H2,18,22). The minimum absolute atomic E-state index is 0.108. The molecule has 0 aromatic carbocycles. The molecule has 0 saturated carbocycles. The minimum atomic E-state index is -0.511. The average molecular weight is 348 g/mol. The van der Waals surface area contributed by atoms with E-state index in [9.17, 15) is 9.59 Å². The second-order valence-corrected chi connectivity index (χ2v) is 7.32. The second-order valence-electron chi connectivity index (χ2n) is 6.24. The van der Waals surface area contributed by atoms with Gasteiger partial charge in [0.05, 0.1) is 11.9 Å². The molecule has 2 N–H and O–H groups in total. The highest BCUT2D eigenvalue weighted by Gasteiger charge is 2.23. The predicted molar refractivity (Wildman–Crippen MR) is 96.3 cm³/mol. The fraction of sp³-hybridized carbons (Fsp3) is 0.588. The van der Waals surface area contributed by atoms with Gasteiger partial charge in [-0.05, 0) is 44.3 Å². The smallest absolute Gasteiger partial charge is 0.263 e. The molecule has 1 amide bonds. The summed E-state index contributed by atoms with van der Waals surface area (Å²) in [5.74, 6) is 0.122. The van der Waals surface area contributed by atoms with Gasteiger partial charge in [0, 0.05) is 4.88 Å². The van der Waals surface area contributed by atoms with E-state index < -0.39 is 5.91 Å². The number of thiophene rings is 1. The molecule has 24 heavy (non-hydrogen) atoms. The first-order chi connectivity index (χ1) is 11.5. The molecule has 3 rings (SSSR count). The average Bonchev–Trinajstić information content (AvgIpc) is 2.93. The van der Waals surface area contributed by atoms with Gasteiger partial charge >= 0.3 is 0 Å². The molecular formula is C17H24N4O2S. The number of hydrogen-bond acceptors (Lipinski definition) is 5. The molecule has 0 radical (unpaired) electrons. The highest BCUT2D eigenvalue weighted by molar-refractivity contribution is 7.18. The molecule has 7 heteroatoms. The summed E-state index contributed by atoms with van der Waals surface area (Å²) in [4.78, 5) is 33.6. The van der Waals surface area contributed by atoms with Crippen LogP contribution in [0.1, 0.15) is 43.0 Å². The van der Waals surface area contributed by atoms with E-state index in [-0.39, 0.29) is 12.1 Å².